The molecular weight excluding hydrogens is 415 g/mol. The topological polar surface area (TPSA) is 30.2 Å². The van der Waals surface area contributed by atoms with Gasteiger partial charge in [0, 0.05) is 5.39 Å². The molecule has 0 aliphatic heterocycles. The lowest BCUT2D eigenvalue weighted by atomic mass is 10.2. The molecule has 0 aliphatic carbocycles. The maximum atomic E-state index is 12.9. The van der Waals surface area contributed by atoms with Gasteiger partial charge in [0.2, 0.25) is 5.78 Å². The number of carbonyl (C=O) groups excluding carboxylic acids is 1. The minimum Gasteiger partial charge on any atom is -0.453 e. The highest BCUT2D eigenvalue weighted by molar-refractivity contribution is 7.97. The van der Waals surface area contributed by atoms with Crippen molar-refractivity contribution in [2.24, 2.45) is 0 Å². The molecule has 2 nitrogen and oxygen atoms in total. The van der Waals surface area contributed by atoms with Crippen LogP contribution in [0.2, 0.25) is 0 Å². The van der Waals surface area contributed by atoms with Crippen molar-refractivity contribution < 1.29 is 26.5 Å². The first kappa shape index (κ1) is 21.7. The second kappa shape index (κ2) is 9.67. The summed E-state index contributed by atoms with van der Waals surface area (Å²) < 4.78 is 44.8. The number of fused-ring (bicyclic) bond motifs is 1. The normalized spacial score (nSPS) is 11.2. The van der Waals surface area contributed by atoms with E-state index in [0.29, 0.717) is 11.5 Å². The van der Waals surface area contributed by atoms with E-state index in [9.17, 15) is 22.1 Å². The number of carbonyl (C=O) groups is 1. The zero-order valence-electron chi connectivity index (χ0n) is 15.7. The van der Waals surface area contributed by atoms with Crippen LogP contribution < -0.4 is 0 Å². The lowest BCUT2D eigenvalue weighted by Crippen LogP contribution is -2.17. The Bertz CT molecular complexity index is 1020. The molecule has 0 fully saturated rings. The maximum Gasteiger partial charge on any atom is 0.673 e. The van der Waals surface area contributed by atoms with E-state index in [2.05, 4.69) is 24.3 Å². The van der Waals surface area contributed by atoms with Crippen molar-refractivity contribution in [3.63, 3.8) is 0 Å². The smallest absolute Gasteiger partial charge is 0.453 e. The van der Waals surface area contributed by atoms with Gasteiger partial charge in [0.1, 0.15) is 5.58 Å². The number of para-hydroxylation sites is 1. The van der Waals surface area contributed by atoms with E-state index in [4.69, 9.17) is 4.42 Å². The van der Waals surface area contributed by atoms with E-state index in [0.717, 1.165) is 20.8 Å². The minimum atomic E-state index is -6.00. The fourth-order valence-corrected chi connectivity index (χ4v) is 4.78. The fraction of sp³-hybridized carbons (Fsp3) is 0.0455. The lowest BCUT2D eigenvalue weighted by Gasteiger charge is -2.06. The minimum absolute atomic E-state index is 0.0345. The molecular formula is C22H17BF4O2S. The van der Waals surface area contributed by atoms with Crippen LogP contribution in [-0.4, -0.2) is 18.8 Å². The van der Waals surface area contributed by atoms with Crippen LogP contribution in [0.5, 0.6) is 0 Å². The molecule has 0 atom stereocenters. The van der Waals surface area contributed by atoms with Crippen LogP contribution in [-0.2, 0) is 10.9 Å². The zero-order valence-corrected chi connectivity index (χ0v) is 16.5. The molecule has 30 heavy (non-hydrogen) atoms. The first-order chi connectivity index (χ1) is 14.3. The van der Waals surface area contributed by atoms with Gasteiger partial charge in [-0.2, -0.15) is 0 Å². The second-order valence-electron chi connectivity index (χ2n) is 6.23. The van der Waals surface area contributed by atoms with Crippen molar-refractivity contribution in [1.82, 2.24) is 0 Å². The van der Waals surface area contributed by atoms with Crippen molar-refractivity contribution in [2.45, 2.75) is 9.79 Å². The van der Waals surface area contributed by atoms with Gasteiger partial charge in [-0.3, -0.25) is 4.79 Å². The average Bonchev–Trinajstić information content (AvgIpc) is 3.16. The molecule has 0 unspecified atom stereocenters. The van der Waals surface area contributed by atoms with Crippen molar-refractivity contribution in [1.29, 1.82) is 0 Å². The summed E-state index contributed by atoms with van der Waals surface area (Å²) in [6, 6.07) is 30.0. The van der Waals surface area contributed by atoms with Crippen molar-refractivity contribution in [3.8, 4) is 0 Å². The second-order valence-corrected chi connectivity index (χ2v) is 8.24. The van der Waals surface area contributed by atoms with E-state index in [-0.39, 0.29) is 16.7 Å². The van der Waals surface area contributed by atoms with Crippen LogP contribution in [0.3, 0.4) is 0 Å². The molecule has 154 valence electrons. The summed E-state index contributed by atoms with van der Waals surface area (Å²) in [7, 11) is -6.31. The van der Waals surface area contributed by atoms with Crippen molar-refractivity contribution in [2.75, 3.05) is 5.75 Å². The number of furan rings is 1. The number of hydrogen-bond donors (Lipinski definition) is 0. The van der Waals surface area contributed by atoms with Gasteiger partial charge in [0.25, 0.3) is 0 Å². The molecule has 1 aromatic heterocycles. The Kier molecular flexibility index (Phi) is 7.00. The Labute approximate surface area is 174 Å². The van der Waals surface area contributed by atoms with Crippen LogP contribution in [0.4, 0.5) is 17.3 Å². The first-order valence-corrected chi connectivity index (χ1v) is 10.4. The van der Waals surface area contributed by atoms with Gasteiger partial charge in [-0.15, -0.1) is 0 Å². The Morgan fingerprint density at radius 3 is 1.73 bits per heavy atom. The summed E-state index contributed by atoms with van der Waals surface area (Å²) in [5.41, 5.74) is 0.755. The molecule has 0 spiro atoms. The lowest BCUT2D eigenvalue weighted by molar-refractivity contribution is 0.0993. The van der Waals surface area contributed by atoms with Crippen molar-refractivity contribution >= 4 is 34.9 Å². The largest absolute Gasteiger partial charge is 0.673 e. The average molecular weight is 432 g/mol. The third-order valence-corrected chi connectivity index (χ3v) is 6.26. The summed E-state index contributed by atoms with van der Waals surface area (Å²) in [4.78, 5) is 15.2. The van der Waals surface area contributed by atoms with Crippen LogP contribution in [0, 0.1) is 0 Å². The van der Waals surface area contributed by atoms with Gasteiger partial charge >= 0.3 is 7.25 Å². The molecule has 4 rings (SSSR count). The van der Waals surface area contributed by atoms with E-state index < -0.39 is 7.25 Å². The first-order valence-electron chi connectivity index (χ1n) is 9.01. The Morgan fingerprint density at radius 2 is 1.23 bits per heavy atom. The van der Waals surface area contributed by atoms with Gasteiger partial charge in [-0.1, -0.05) is 54.6 Å². The number of benzene rings is 3. The third-order valence-electron chi connectivity index (χ3n) is 4.03. The number of halogens is 4. The zero-order chi connectivity index (χ0) is 21.6. The molecule has 0 aliphatic rings. The van der Waals surface area contributed by atoms with Gasteiger partial charge in [0.15, 0.2) is 21.3 Å². The molecule has 0 bridgehead atoms. The Balaban J connectivity index is 0.000000461. The number of rotatable bonds is 5. The van der Waals surface area contributed by atoms with Crippen molar-refractivity contribution in [3.05, 3.63) is 96.8 Å². The number of Topliss-reactive ketones (excluding diaryl/α,β-unsaturated/α-hetero) is 1. The van der Waals surface area contributed by atoms with E-state index in [1.807, 2.05) is 66.7 Å². The summed E-state index contributed by atoms with van der Waals surface area (Å²) in [6.07, 6.45) is 0. The highest BCUT2D eigenvalue weighted by atomic mass is 32.2. The van der Waals surface area contributed by atoms with E-state index in [1.54, 1.807) is 0 Å². The van der Waals surface area contributed by atoms with Gasteiger partial charge in [-0.25, -0.2) is 0 Å². The summed E-state index contributed by atoms with van der Waals surface area (Å²) in [5.74, 6) is 0.881. The number of hydrogen-bond acceptors (Lipinski definition) is 2. The molecule has 1 heterocycles. The molecule has 3 aromatic carbocycles. The quantitative estimate of drug-likeness (QED) is 0.153. The Morgan fingerprint density at radius 1 is 0.767 bits per heavy atom. The predicted molar refractivity (Wildman–Crippen MR) is 112 cm³/mol. The van der Waals surface area contributed by atoms with Crippen LogP contribution >= 0.6 is 0 Å². The molecule has 0 radical (unpaired) electrons. The standard InChI is InChI=1S/C22H17O2S.BF4/c23-20(22-15-17-9-7-8-14-21(17)24-22)16-25(18-10-3-1-4-11-18)19-12-5-2-6-13-19;2-1(3,4)5/h1-15H,16H2;/q+1;-1. The molecule has 8 heteroatoms. The monoisotopic (exact) mass is 432 g/mol. The van der Waals surface area contributed by atoms with E-state index in [1.165, 1.54) is 0 Å². The molecule has 0 saturated heterocycles. The SMILES string of the molecule is F[B-](F)(F)F.O=C(C[S+](c1ccccc1)c1ccccc1)c1cc2ccccc2o1. The molecule has 4 aromatic rings. The summed E-state index contributed by atoms with van der Waals surface area (Å²) in [5, 5.41) is 0.963. The highest BCUT2D eigenvalue weighted by Crippen LogP contribution is 2.26. The maximum absolute atomic E-state index is 12.9. The van der Waals surface area contributed by atoms with Crippen LogP contribution in [0.15, 0.2) is 105 Å². The van der Waals surface area contributed by atoms with Gasteiger partial charge in [0.05, 0.1) is 10.9 Å². The van der Waals surface area contributed by atoms with Crippen LogP contribution in [0.25, 0.3) is 11.0 Å². The van der Waals surface area contributed by atoms with Gasteiger partial charge in [-0.05, 0) is 36.4 Å². The van der Waals surface area contributed by atoms with Gasteiger partial charge < -0.3 is 21.7 Å². The summed E-state index contributed by atoms with van der Waals surface area (Å²) in [6.45, 7) is 0. The molecule has 0 amide bonds. The molecule has 0 N–H and O–H groups in total. The highest BCUT2D eigenvalue weighted by Gasteiger charge is 2.30. The third kappa shape index (κ3) is 6.25. The Hall–Kier alpha value is -3.00. The molecule has 0 saturated carbocycles. The summed E-state index contributed by atoms with van der Waals surface area (Å²) >= 11 is 0. The van der Waals surface area contributed by atoms with E-state index >= 15 is 0 Å². The number of ketones is 1. The fourth-order valence-electron chi connectivity index (χ4n) is 2.79. The van der Waals surface area contributed by atoms with Crippen LogP contribution in [0.1, 0.15) is 10.6 Å². The predicted octanol–water partition coefficient (Wildman–Crippen LogP) is 6.65.